The van der Waals surface area contributed by atoms with Gasteiger partial charge in [-0.2, -0.15) is 0 Å². The molecule has 2 saturated carbocycles. The summed E-state index contributed by atoms with van der Waals surface area (Å²) >= 11 is 0. The monoisotopic (exact) mass is 484 g/mol. The summed E-state index contributed by atoms with van der Waals surface area (Å²) in [5.74, 6) is 0.504. The van der Waals surface area contributed by atoms with E-state index in [4.69, 9.17) is 0 Å². The van der Waals surface area contributed by atoms with Gasteiger partial charge in [0.25, 0.3) is 0 Å². The lowest BCUT2D eigenvalue weighted by Gasteiger charge is -2.36. The van der Waals surface area contributed by atoms with Gasteiger partial charge in [-0.3, -0.25) is 0 Å². The molecular weight excluding hydrogens is 441 g/mol. The SMILES string of the molecule is CCCCCC1CCC(C(C)CC2CCC(c3ccc(-c4cc(F)c(F)c(F)c4)cc3)CC2)CC1. The van der Waals surface area contributed by atoms with E-state index in [2.05, 4.69) is 26.0 Å². The lowest BCUT2D eigenvalue weighted by molar-refractivity contribution is 0.169. The second kappa shape index (κ2) is 12.5. The molecule has 0 radical (unpaired) electrons. The smallest absolute Gasteiger partial charge is 0.194 e. The first kappa shape index (κ1) is 26.3. The fourth-order valence-corrected chi connectivity index (χ4v) is 6.85. The topological polar surface area (TPSA) is 0 Å². The highest BCUT2D eigenvalue weighted by Gasteiger charge is 2.29. The molecule has 0 aliphatic heterocycles. The number of halogens is 3. The minimum atomic E-state index is -1.41. The Bertz CT molecular complexity index is 895. The zero-order valence-corrected chi connectivity index (χ0v) is 21.7. The Labute approximate surface area is 210 Å². The molecule has 0 heterocycles. The highest BCUT2D eigenvalue weighted by Crippen LogP contribution is 2.42. The van der Waals surface area contributed by atoms with Gasteiger partial charge in [0, 0.05) is 0 Å². The van der Waals surface area contributed by atoms with Gasteiger partial charge in [0.1, 0.15) is 0 Å². The maximum atomic E-state index is 13.6. The van der Waals surface area contributed by atoms with Crippen LogP contribution in [0.4, 0.5) is 13.2 Å². The van der Waals surface area contributed by atoms with E-state index in [0.717, 1.165) is 35.8 Å². The lowest BCUT2D eigenvalue weighted by Crippen LogP contribution is -2.23. The Morgan fingerprint density at radius 1 is 0.743 bits per heavy atom. The molecule has 2 aromatic carbocycles. The van der Waals surface area contributed by atoms with Gasteiger partial charge < -0.3 is 0 Å². The number of unbranched alkanes of at least 4 members (excludes halogenated alkanes) is 2. The molecule has 4 rings (SSSR count). The zero-order valence-electron chi connectivity index (χ0n) is 21.7. The van der Waals surface area contributed by atoms with E-state index in [1.807, 2.05) is 12.1 Å². The maximum Gasteiger partial charge on any atom is 0.194 e. The molecule has 1 unspecified atom stereocenters. The number of rotatable bonds is 9. The zero-order chi connectivity index (χ0) is 24.8. The predicted octanol–water partition coefficient (Wildman–Crippen LogP) is 10.5. The van der Waals surface area contributed by atoms with Crippen LogP contribution in [0.25, 0.3) is 11.1 Å². The molecule has 0 saturated heterocycles. The first-order chi connectivity index (χ1) is 16.9. The van der Waals surface area contributed by atoms with E-state index >= 15 is 0 Å². The molecule has 3 heteroatoms. The molecule has 2 aromatic rings. The van der Waals surface area contributed by atoms with Crippen molar-refractivity contribution in [1.82, 2.24) is 0 Å². The molecule has 0 nitrogen and oxygen atoms in total. The van der Waals surface area contributed by atoms with Crippen molar-refractivity contribution < 1.29 is 13.2 Å². The third kappa shape index (κ3) is 6.92. The van der Waals surface area contributed by atoms with Gasteiger partial charge in [0.15, 0.2) is 17.5 Å². The molecular formula is C32H43F3. The molecule has 2 aliphatic rings. The van der Waals surface area contributed by atoms with Crippen LogP contribution in [-0.4, -0.2) is 0 Å². The third-order valence-electron chi connectivity index (χ3n) is 9.16. The highest BCUT2D eigenvalue weighted by molar-refractivity contribution is 5.64. The van der Waals surface area contributed by atoms with Crippen molar-refractivity contribution in [2.24, 2.45) is 23.7 Å². The molecule has 0 N–H and O–H groups in total. The highest BCUT2D eigenvalue weighted by atomic mass is 19.2. The van der Waals surface area contributed by atoms with Gasteiger partial charge in [-0.1, -0.05) is 76.6 Å². The van der Waals surface area contributed by atoms with Crippen molar-refractivity contribution in [3.63, 3.8) is 0 Å². The maximum absolute atomic E-state index is 13.6. The lowest BCUT2D eigenvalue weighted by atomic mass is 9.70. The molecule has 0 spiro atoms. The van der Waals surface area contributed by atoms with Crippen molar-refractivity contribution in [2.75, 3.05) is 0 Å². The predicted molar refractivity (Wildman–Crippen MR) is 140 cm³/mol. The molecule has 0 aromatic heterocycles. The van der Waals surface area contributed by atoms with Crippen LogP contribution in [0, 0.1) is 41.1 Å². The average molecular weight is 485 g/mol. The minimum absolute atomic E-state index is 0.376. The Morgan fingerprint density at radius 3 is 1.94 bits per heavy atom. The summed E-state index contributed by atoms with van der Waals surface area (Å²) in [5.41, 5.74) is 2.40. The van der Waals surface area contributed by atoms with E-state index in [0.29, 0.717) is 17.0 Å². The summed E-state index contributed by atoms with van der Waals surface area (Å²) < 4.78 is 40.5. The van der Waals surface area contributed by atoms with Crippen molar-refractivity contribution in [2.45, 2.75) is 103 Å². The summed E-state index contributed by atoms with van der Waals surface area (Å²) in [7, 11) is 0. The molecule has 35 heavy (non-hydrogen) atoms. The first-order valence-corrected chi connectivity index (χ1v) is 14.2. The van der Waals surface area contributed by atoms with E-state index in [-0.39, 0.29) is 0 Å². The van der Waals surface area contributed by atoms with Crippen molar-refractivity contribution in [1.29, 1.82) is 0 Å². The van der Waals surface area contributed by atoms with Crippen molar-refractivity contribution >= 4 is 0 Å². The van der Waals surface area contributed by atoms with E-state index < -0.39 is 17.5 Å². The van der Waals surface area contributed by atoms with Crippen LogP contribution in [0.1, 0.15) is 109 Å². The second-order valence-electron chi connectivity index (χ2n) is 11.6. The molecule has 192 valence electrons. The Kier molecular flexibility index (Phi) is 9.36. The first-order valence-electron chi connectivity index (χ1n) is 14.2. The standard InChI is InChI=1S/C32H43F3/c1-3-4-5-6-23-7-11-25(12-8-23)22(2)19-24-9-13-26(14-10-24)27-15-17-28(18-16-27)29-20-30(33)32(35)31(34)21-29/h15-18,20-26H,3-14,19H2,1-2H3. The quantitative estimate of drug-likeness (QED) is 0.245. The van der Waals surface area contributed by atoms with Gasteiger partial charge >= 0.3 is 0 Å². The Hall–Kier alpha value is -1.77. The fourth-order valence-electron chi connectivity index (χ4n) is 6.85. The van der Waals surface area contributed by atoms with Crippen molar-refractivity contribution in [3.8, 4) is 11.1 Å². The fraction of sp³-hybridized carbons (Fsp3) is 0.625. The normalized spacial score (nSPS) is 26.0. The molecule has 2 fully saturated rings. The second-order valence-corrected chi connectivity index (χ2v) is 11.6. The average Bonchev–Trinajstić information content (AvgIpc) is 2.88. The molecule has 2 aliphatic carbocycles. The largest absolute Gasteiger partial charge is 0.204 e. The number of benzene rings is 2. The summed E-state index contributed by atoms with van der Waals surface area (Å²) in [4.78, 5) is 0. The van der Waals surface area contributed by atoms with Crippen LogP contribution in [0.3, 0.4) is 0 Å². The summed E-state index contributed by atoms with van der Waals surface area (Å²) in [6.07, 6.45) is 17.9. The van der Waals surface area contributed by atoms with Crippen LogP contribution in [0.5, 0.6) is 0 Å². The number of hydrogen-bond donors (Lipinski definition) is 0. The van der Waals surface area contributed by atoms with Crippen LogP contribution < -0.4 is 0 Å². The molecule has 0 amide bonds. The van der Waals surface area contributed by atoms with Gasteiger partial charge in [-0.05, 0) is 103 Å². The summed E-state index contributed by atoms with van der Waals surface area (Å²) in [6.45, 7) is 4.80. The van der Waals surface area contributed by atoms with E-state index in [1.54, 1.807) is 0 Å². The van der Waals surface area contributed by atoms with E-state index in [9.17, 15) is 13.2 Å². The summed E-state index contributed by atoms with van der Waals surface area (Å²) in [6, 6.07) is 10.1. The van der Waals surface area contributed by atoms with Crippen LogP contribution in [0.2, 0.25) is 0 Å². The molecule has 0 bridgehead atoms. The van der Waals surface area contributed by atoms with Gasteiger partial charge in [0.2, 0.25) is 0 Å². The van der Waals surface area contributed by atoms with Gasteiger partial charge in [-0.15, -0.1) is 0 Å². The minimum Gasteiger partial charge on any atom is -0.204 e. The van der Waals surface area contributed by atoms with Crippen LogP contribution in [-0.2, 0) is 0 Å². The van der Waals surface area contributed by atoms with Crippen molar-refractivity contribution in [3.05, 3.63) is 59.4 Å². The molecule has 1 atom stereocenters. The number of hydrogen-bond acceptors (Lipinski definition) is 0. The van der Waals surface area contributed by atoms with Crippen LogP contribution in [0.15, 0.2) is 36.4 Å². The van der Waals surface area contributed by atoms with Gasteiger partial charge in [0.05, 0.1) is 0 Å². The summed E-state index contributed by atoms with van der Waals surface area (Å²) in [5, 5.41) is 0. The third-order valence-corrected chi connectivity index (χ3v) is 9.16. The Morgan fingerprint density at radius 2 is 1.34 bits per heavy atom. The Balaban J connectivity index is 1.22. The van der Waals surface area contributed by atoms with Gasteiger partial charge in [-0.25, -0.2) is 13.2 Å². The van der Waals surface area contributed by atoms with E-state index in [1.165, 1.54) is 89.0 Å². The van der Waals surface area contributed by atoms with Crippen LogP contribution >= 0.6 is 0 Å².